The summed E-state index contributed by atoms with van der Waals surface area (Å²) in [7, 11) is 1.58. The minimum Gasteiger partial charge on any atom is -0.497 e. The maximum Gasteiger partial charge on any atom is 0.343 e. The van der Waals surface area contributed by atoms with E-state index in [1.165, 1.54) is 25.7 Å². The topological polar surface area (TPSA) is 35.5 Å². The Morgan fingerprint density at radius 1 is 0.909 bits per heavy atom. The molecule has 1 fully saturated rings. The molecular weight excluding hydrogens is 415 g/mol. The zero-order valence-corrected chi connectivity index (χ0v) is 19.4. The summed E-state index contributed by atoms with van der Waals surface area (Å²) < 4.78 is 25.5. The molecular formula is C29H31FO3. The van der Waals surface area contributed by atoms with Crippen molar-refractivity contribution in [3.05, 3.63) is 83.7 Å². The minimum atomic E-state index is -0.457. The molecule has 3 aromatic rings. The molecule has 0 heterocycles. The molecule has 172 valence electrons. The van der Waals surface area contributed by atoms with Gasteiger partial charge in [-0.05, 0) is 91.1 Å². The Morgan fingerprint density at radius 3 is 2.18 bits per heavy atom. The lowest BCUT2D eigenvalue weighted by Crippen LogP contribution is -2.13. The molecule has 1 aliphatic rings. The van der Waals surface area contributed by atoms with E-state index in [0.29, 0.717) is 28.5 Å². The predicted octanol–water partition coefficient (Wildman–Crippen LogP) is 7.79. The molecule has 4 rings (SSSR count). The van der Waals surface area contributed by atoms with Crippen molar-refractivity contribution in [2.45, 2.75) is 51.4 Å². The van der Waals surface area contributed by atoms with Gasteiger partial charge in [-0.2, -0.15) is 0 Å². The van der Waals surface area contributed by atoms with Gasteiger partial charge in [-0.1, -0.05) is 44.0 Å². The summed E-state index contributed by atoms with van der Waals surface area (Å²) in [5.41, 5.74) is 2.81. The van der Waals surface area contributed by atoms with E-state index in [0.717, 1.165) is 29.9 Å². The SMILES string of the molecule is CCC[C@H]1CC[C@H](c2ccc(-c3ccc(C(=O)Oc4ccc(OC)cc4)cc3)c(F)c2)CC1. The van der Waals surface area contributed by atoms with Gasteiger partial charge in [-0.3, -0.25) is 0 Å². The van der Waals surface area contributed by atoms with E-state index in [9.17, 15) is 9.18 Å². The van der Waals surface area contributed by atoms with Crippen LogP contribution < -0.4 is 9.47 Å². The predicted molar refractivity (Wildman–Crippen MR) is 129 cm³/mol. The monoisotopic (exact) mass is 446 g/mol. The molecule has 0 N–H and O–H groups in total. The standard InChI is InChI=1S/C29H31FO3/c1-3-4-20-5-7-21(8-6-20)24-13-18-27(28(30)19-24)22-9-11-23(12-10-22)29(31)33-26-16-14-25(32-2)15-17-26/h9-21H,3-8H2,1-2H3/t20-,21-. The van der Waals surface area contributed by atoms with Gasteiger partial charge in [0.25, 0.3) is 0 Å². The lowest BCUT2D eigenvalue weighted by atomic mass is 9.77. The van der Waals surface area contributed by atoms with Gasteiger partial charge in [0.1, 0.15) is 17.3 Å². The fourth-order valence-corrected chi connectivity index (χ4v) is 4.81. The summed E-state index contributed by atoms with van der Waals surface area (Å²) in [5.74, 6) is 1.76. The van der Waals surface area contributed by atoms with Gasteiger partial charge in [0.05, 0.1) is 12.7 Å². The second-order valence-corrected chi connectivity index (χ2v) is 8.89. The molecule has 0 aliphatic heterocycles. The number of hydrogen-bond donors (Lipinski definition) is 0. The molecule has 1 aliphatic carbocycles. The Kier molecular flexibility index (Phi) is 7.43. The lowest BCUT2D eigenvalue weighted by Gasteiger charge is -2.28. The molecule has 4 heteroatoms. The highest BCUT2D eigenvalue weighted by molar-refractivity contribution is 5.91. The number of methoxy groups -OCH3 is 1. The van der Waals surface area contributed by atoms with E-state index in [2.05, 4.69) is 13.0 Å². The number of rotatable bonds is 7. The number of ether oxygens (including phenoxy) is 2. The van der Waals surface area contributed by atoms with Crippen LogP contribution in [0.4, 0.5) is 4.39 Å². The average molecular weight is 447 g/mol. The van der Waals surface area contributed by atoms with Crippen LogP contribution in [0.2, 0.25) is 0 Å². The van der Waals surface area contributed by atoms with Crippen LogP contribution in [0.1, 0.15) is 67.3 Å². The number of hydrogen-bond acceptors (Lipinski definition) is 3. The Labute approximate surface area is 195 Å². The summed E-state index contributed by atoms with van der Waals surface area (Å²) in [6.45, 7) is 2.25. The molecule has 0 radical (unpaired) electrons. The molecule has 0 unspecified atom stereocenters. The van der Waals surface area contributed by atoms with E-state index >= 15 is 0 Å². The second kappa shape index (κ2) is 10.7. The first-order valence-corrected chi connectivity index (χ1v) is 11.8. The van der Waals surface area contributed by atoms with Gasteiger partial charge in [-0.15, -0.1) is 0 Å². The smallest absolute Gasteiger partial charge is 0.343 e. The quantitative estimate of drug-likeness (QED) is 0.274. The van der Waals surface area contributed by atoms with Crippen LogP contribution in [0.3, 0.4) is 0 Å². The van der Waals surface area contributed by atoms with Gasteiger partial charge >= 0.3 is 5.97 Å². The van der Waals surface area contributed by atoms with Crippen molar-refractivity contribution < 1.29 is 18.7 Å². The molecule has 0 saturated heterocycles. The normalized spacial score (nSPS) is 18.0. The van der Waals surface area contributed by atoms with Crippen molar-refractivity contribution >= 4 is 5.97 Å². The van der Waals surface area contributed by atoms with Crippen molar-refractivity contribution in [1.82, 2.24) is 0 Å². The first-order chi connectivity index (χ1) is 16.1. The largest absolute Gasteiger partial charge is 0.497 e. The zero-order valence-electron chi connectivity index (χ0n) is 19.4. The maximum atomic E-state index is 15.0. The van der Waals surface area contributed by atoms with E-state index in [4.69, 9.17) is 9.47 Å². The number of carbonyl (C=O) groups is 1. The molecule has 1 saturated carbocycles. The third kappa shape index (κ3) is 5.62. The molecule has 33 heavy (non-hydrogen) atoms. The van der Waals surface area contributed by atoms with Crippen molar-refractivity contribution in [1.29, 1.82) is 0 Å². The molecule has 0 bridgehead atoms. The Bertz CT molecular complexity index is 1070. The van der Waals surface area contributed by atoms with Crippen LogP contribution in [0.15, 0.2) is 66.7 Å². The number of halogens is 1. The maximum absolute atomic E-state index is 15.0. The van der Waals surface area contributed by atoms with Crippen LogP contribution in [0.25, 0.3) is 11.1 Å². The average Bonchev–Trinajstić information content (AvgIpc) is 2.85. The Morgan fingerprint density at radius 2 is 1.58 bits per heavy atom. The van der Waals surface area contributed by atoms with Crippen molar-refractivity contribution in [3.8, 4) is 22.6 Å². The van der Waals surface area contributed by atoms with Gasteiger partial charge in [0.2, 0.25) is 0 Å². The zero-order chi connectivity index (χ0) is 23.2. The first-order valence-electron chi connectivity index (χ1n) is 11.8. The van der Waals surface area contributed by atoms with E-state index in [-0.39, 0.29) is 5.82 Å². The fourth-order valence-electron chi connectivity index (χ4n) is 4.81. The van der Waals surface area contributed by atoms with Crippen molar-refractivity contribution in [2.75, 3.05) is 7.11 Å². The van der Waals surface area contributed by atoms with Crippen LogP contribution in [-0.2, 0) is 0 Å². The van der Waals surface area contributed by atoms with E-state index in [1.807, 2.05) is 6.07 Å². The van der Waals surface area contributed by atoms with Crippen LogP contribution >= 0.6 is 0 Å². The number of benzene rings is 3. The summed E-state index contributed by atoms with van der Waals surface area (Å²) in [6, 6.07) is 19.3. The summed E-state index contributed by atoms with van der Waals surface area (Å²) >= 11 is 0. The van der Waals surface area contributed by atoms with E-state index < -0.39 is 5.97 Å². The van der Waals surface area contributed by atoms with Crippen molar-refractivity contribution in [2.24, 2.45) is 5.92 Å². The van der Waals surface area contributed by atoms with Gasteiger partial charge < -0.3 is 9.47 Å². The van der Waals surface area contributed by atoms with Crippen LogP contribution in [-0.4, -0.2) is 13.1 Å². The highest BCUT2D eigenvalue weighted by Gasteiger charge is 2.22. The highest BCUT2D eigenvalue weighted by atomic mass is 19.1. The molecule has 0 amide bonds. The Balaban J connectivity index is 1.41. The third-order valence-corrected chi connectivity index (χ3v) is 6.71. The molecule has 3 aromatic carbocycles. The van der Waals surface area contributed by atoms with Crippen molar-refractivity contribution in [3.63, 3.8) is 0 Å². The summed E-state index contributed by atoms with van der Waals surface area (Å²) in [5, 5.41) is 0. The summed E-state index contributed by atoms with van der Waals surface area (Å²) in [6.07, 6.45) is 7.34. The number of carbonyl (C=O) groups excluding carboxylic acids is 1. The summed E-state index contributed by atoms with van der Waals surface area (Å²) in [4.78, 5) is 12.4. The molecule has 0 spiro atoms. The highest BCUT2D eigenvalue weighted by Crippen LogP contribution is 2.38. The molecule has 3 nitrogen and oxygen atoms in total. The van der Waals surface area contributed by atoms with Crippen LogP contribution in [0.5, 0.6) is 11.5 Å². The van der Waals surface area contributed by atoms with Gasteiger partial charge in [0, 0.05) is 5.56 Å². The fraction of sp³-hybridized carbons (Fsp3) is 0.345. The van der Waals surface area contributed by atoms with Crippen LogP contribution in [0, 0.1) is 11.7 Å². The Hall–Kier alpha value is -3.14. The second-order valence-electron chi connectivity index (χ2n) is 8.89. The molecule has 0 aromatic heterocycles. The minimum absolute atomic E-state index is 0.211. The lowest BCUT2D eigenvalue weighted by molar-refractivity contribution is 0.0734. The van der Waals surface area contributed by atoms with Gasteiger partial charge in [0.15, 0.2) is 0 Å². The molecule has 0 atom stereocenters. The van der Waals surface area contributed by atoms with Gasteiger partial charge in [-0.25, -0.2) is 9.18 Å². The number of esters is 1. The third-order valence-electron chi connectivity index (χ3n) is 6.71. The van der Waals surface area contributed by atoms with E-state index in [1.54, 1.807) is 61.7 Å². The first kappa shape index (κ1) is 23.0.